The summed E-state index contributed by atoms with van der Waals surface area (Å²) in [4.78, 5) is 15.1. The highest BCUT2D eigenvalue weighted by Gasteiger charge is 2.20. The lowest BCUT2D eigenvalue weighted by molar-refractivity contribution is 0.0696. The van der Waals surface area contributed by atoms with Crippen molar-refractivity contribution >= 4 is 40.1 Å². The summed E-state index contributed by atoms with van der Waals surface area (Å²) in [7, 11) is 0. The predicted molar refractivity (Wildman–Crippen MR) is 98.1 cm³/mol. The molecule has 0 saturated carbocycles. The van der Waals surface area contributed by atoms with E-state index in [1.54, 1.807) is 24.3 Å². The van der Waals surface area contributed by atoms with Crippen LogP contribution in [0.5, 0.6) is 0 Å². The number of hydrogen-bond acceptors (Lipinski definition) is 3. The van der Waals surface area contributed by atoms with E-state index in [1.165, 1.54) is 6.07 Å². The number of carbonyl (C=O) groups is 1. The molecule has 0 radical (unpaired) electrons. The van der Waals surface area contributed by atoms with Crippen LogP contribution in [0.3, 0.4) is 0 Å². The standard InChI is InChI=1S/C19H11Cl2FN2O2/c20-14-5-1-4-13(16(14)21)15-10(3-2-6-23)7-11-8-12(19(25)26)9-24-18(11)17(15)22/h1,4-5,7-9H,2-3H2,(H,25,26). The molecule has 0 bridgehead atoms. The van der Waals surface area contributed by atoms with Crippen molar-refractivity contribution in [2.24, 2.45) is 0 Å². The zero-order chi connectivity index (χ0) is 18.8. The van der Waals surface area contributed by atoms with Gasteiger partial charge in [0.15, 0.2) is 5.82 Å². The number of fused-ring (bicyclic) bond motifs is 1. The lowest BCUT2D eigenvalue weighted by Gasteiger charge is -2.15. The Hall–Kier alpha value is -2.68. The predicted octanol–water partition coefficient (Wildman–Crippen LogP) is 5.50. The normalized spacial score (nSPS) is 10.7. The van der Waals surface area contributed by atoms with E-state index >= 15 is 4.39 Å². The fraction of sp³-hybridized carbons (Fsp3) is 0.105. The van der Waals surface area contributed by atoms with Crippen LogP contribution in [0.25, 0.3) is 22.0 Å². The molecule has 7 heteroatoms. The van der Waals surface area contributed by atoms with Crippen LogP contribution in [0.4, 0.5) is 4.39 Å². The van der Waals surface area contributed by atoms with Crippen LogP contribution in [-0.2, 0) is 6.42 Å². The molecule has 26 heavy (non-hydrogen) atoms. The Bertz CT molecular complexity index is 1080. The lowest BCUT2D eigenvalue weighted by atomic mass is 9.93. The molecule has 130 valence electrons. The third-order valence-electron chi connectivity index (χ3n) is 3.97. The summed E-state index contributed by atoms with van der Waals surface area (Å²) in [6.07, 6.45) is 1.55. The van der Waals surface area contributed by atoms with E-state index in [1.807, 2.05) is 6.07 Å². The summed E-state index contributed by atoms with van der Waals surface area (Å²) in [5, 5.41) is 18.8. The molecule has 3 aromatic rings. The molecule has 0 atom stereocenters. The highest BCUT2D eigenvalue weighted by molar-refractivity contribution is 6.43. The van der Waals surface area contributed by atoms with Crippen molar-refractivity contribution in [3.8, 4) is 17.2 Å². The molecule has 0 aliphatic carbocycles. The molecule has 0 saturated heterocycles. The first-order valence-corrected chi connectivity index (χ1v) is 8.35. The molecule has 1 N–H and O–H groups in total. The number of rotatable bonds is 4. The van der Waals surface area contributed by atoms with Crippen LogP contribution >= 0.6 is 23.2 Å². The molecule has 0 aliphatic rings. The monoisotopic (exact) mass is 388 g/mol. The zero-order valence-electron chi connectivity index (χ0n) is 13.3. The van der Waals surface area contributed by atoms with E-state index in [2.05, 4.69) is 4.98 Å². The summed E-state index contributed by atoms with van der Waals surface area (Å²) in [5.41, 5.74) is 1.13. The van der Waals surface area contributed by atoms with Gasteiger partial charge in [-0.2, -0.15) is 5.26 Å². The number of halogens is 3. The molecular weight excluding hydrogens is 378 g/mol. The lowest BCUT2D eigenvalue weighted by Crippen LogP contribution is -2.01. The van der Waals surface area contributed by atoms with Crippen molar-refractivity contribution in [1.29, 1.82) is 5.26 Å². The average molecular weight is 389 g/mol. The Balaban J connectivity index is 2.34. The maximum atomic E-state index is 15.3. The largest absolute Gasteiger partial charge is 0.478 e. The number of benzene rings is 2. The maximum Gasteiger partial charge on any atom is 0.337 e. The summed E-state index contributed by atoms with van der Waals surface area (Å²) in [6, 6.07) is 9.91. The van der Waals surface area contributed by atoms with Crippen molar-refractivity contribution in [2.75, 3.05) is 0 Å². The smallest absolute Gasteiger partial charge is 0.337 e. The van der Waals surface area contributed by atoms with Gasteiger partial charge in [-0.1, -0.05) is 35.3 Å². The number of pyridine rings is 1. The summed E-state index contributed by atoms with van der Waals surface area (Å²) >= 11 is 12.3. The molecule has 1 heterocycles. The van der Waals surface area contributed by atoms with Crippen LogP contribution in [0.15, 0.2) is 36.5 Å². The SMILES string of the molecule is N#CCCc1cc2cc(C(=O)O)cnc2c(F)c1-c1cccc(Cl)c1Cl. The number of hydrogen-bond donors (Lipinski definition) is 1. The van der Waals surface area contributed by atoms with Gasteiger partial charge in [0.2, 0.25) is 0 Å². The van der Waals surface area contributed by atoms with Gasteiger partial charge in [-0.25, -0.2) is 9.18 Å². The fourth-order valence-electron chi connectivity index (χ4n) is 2.79. The van der Waals surface area contributed by atoms with Gasteiger partial charge in [-0.05, 0) is 30.2 Å². The molecule has 0 amide bonds. The van der Waals surface area contributed by atoms with E-state index in [4.69, 9.17) is 33.6 Å². The maximum absolute atomic E-state index is 15.3. The number of carboxylic acids is 1. The van der Waals surface area contributed by atoms with E-state index in [-0.39, 0.29) is 39.5 Å². The molecule has 0 aliphatic heterocycles. The molecule has 0 fully saturated rings. The number of carboxylic acid groups (broad SMARTS) is 1. The molecule has 2 aromatic carbocycles. The molecule has 0 unspecified atom stereocenters. The van der Waals surface area contributed by atoms with Crippen LogP contribution in [0.1, 0.15) is 22.3 Å². The van der Waals surface area contributed by atoms with Gasteiger partial charge in [0, 0.05) is 29.1 Å². The second-order valence-electron chi connectivity index (χ2n) is 5.59. The molecule has 3 rings (SSSR count). The molecule has 1 aromatic heterocycles. The second kappa shape index (κ2) is 7.28. The van der Waals surface area contributed by atoms with Crippen molar-refractivity contribution in [1.82, 2.24) is 4.98 Å². The average Bonchev–Trinajstić information content (AvgIpc) is 2.62. The van der Waals surface area contributed by atoms with E-state index in [0.717, 1.165) is 6.20 Å². The van der Waals surface area contributed by atoms with Gasteiger partial charge in [-0.15, -0.1) is 0 Å². The highest BCUT2D eigenvalue weighted by atomic mass is 35.5. The zero-order valence-corrected chi connectivity index (χ0v) is 14.8. The number of aryl methyl sites for hydroxylation is 1. The Morgan fingerprint density at radius 2 is 2.08 bits per heavy atom. The summed E-state index contributed by atoms with van der Waals surface area (Å²) in [5.74, 6) is -1.78. The van der Waals surface area contributed by atoms with Crippen molar-refractivity contribution in [3.05, 3.63) is 63.5 Å². The second-order valence-corrected chi connectivity index (χ2v) is 6.37. The number of nitriles is 1. The first-order chi connectivity index (χ1) is 12.4. The van der Waals surface area contributed by atoms with E-state index < -0.39 is 11.8 Å². The first-order valence-electron chi connectivity index (χ1n) is 7.59. The van der Waals surface area contributed by atoms with Crippen LogP contribution in [-0.4, -0.2) is 16.1 Å². The van der Waals surface area contributed by atoms with Gasteiger partial charge < -0.3 is 5.11 Å². The number of nitrogens with zero attached hydrogens (tertiary/aromatic N) is 2. The van der Waals surface area contributed by atoms with E-state index in [0.29, 0.717) is 16.5 Å². The third-order valence-corrected chi connectivity index (χ3v) is 4.79. The third kappa shape index (κ3) is 3.22. The van der Waals surface area contributed by atoms with Crippen LogP contribution in [0, 0.1) is 17.1 Å². The Kier molecular flexibility index (Phi) is 5.08. The minimum Gasteiger partial charge on any atom is -0.478 e. The van der Waals surface area contributed by atoms with Gasteiger partial charge in [0.1, 0.15) is 5.52 Å². The summed E-state index contributed by atoms with van der Waals surface area (Å²) < 4.78 is 15.3. The minimum absolute atomic E-state index is 0.0294. The van der Waals surface area contributed by atoms with Gasteiger partial charge in [0.05, 0.1) is 21.7 Å². The Labute approximate surface area is 158 Å². The Morgan fingerprint density at radius 1 is 1.31 bits per heavy atom. The topological polar surface area (TPSA) is 74.0 Å². The van der Waals surface area contributed by atoms with Gasteiger partial charge in [0.25, 0.3) is 0 Å². The quantitative estimate of drug-likeness (QED) is 0.639. The van der Waals surface area contributed by atoms with E-state index in [9.17, 15) is 4.79 Å². The minimum atomic E-state index is -1.15. The van der Waals surface area contributed by atoms with Crippen molar-refractivity contribution in [3.63, 3.8) is 0 Å². The van der Waals surface area contributed by atoms with Crippen molar-refractivity contribution in [2.45, 2.75) is 12.8 Å². The van der Waals surface area contributed by atoms with Gasteiger partial charge >= 0.3 is 5.97 Å². The van der Waals surface area contributed by atoms with Crippen molar-refractivity contribution < 1.29 is 14.3 Å². The Morgan fingerprint density at radius 3 is 2.77 bits per heavy atom. The highest BCUT2D eigenvalue weighted by Crippen LogP contribution is 2.39. The number of aromatic carboxylic acids is 1. The first kappa shape index (κ1) is 18.1. The number of aromatic nitrogens is 1. The fourth-order valence-corrected chi connectivity index (χ4v) is 3.18. The van der Waals surface area contributed by atoms with Gasteiger partial charge in [-0.3, -0.25) is 4.98 Å². The van der Waals surface area contributed by atoms with Crippen LogP contribution < -0.4 is 0 Å². The molecular formula is C19H11Cl2FN2O2. The van der Waals surface area contributed by atoms with Crippen LogP contribution in [0.2, 0.25) is 10.0 Å². The molecule has 0 spiro atoms. The summed E-state index contributed by atoms with van der Waals surface area (Å²) in [6.45, 7) is 0. The molecule has 4 nitrogen and oxygen atoms in total.